The zero-order valence-electron chi connectivity index (χ0n) is 12.9. The minimum atomic E-state index is 0.0596. The normalized spacial score (nSPS) is 12.0. The maximum Gasteiger partial charge on any atom is 0.282 e. The molecule has 6 heteroatoms. The van der Waals surface area contributed by atoms with Crippen molar-refractivity contribution in [3.05, 3.63) is 72.0 Å². The molecule has 0 atom stereocenters. The van der Waals surface area contributed by atoms with Crippen LogP contribution in [0.15, 0.2) is 70.4 Å². The van der Waals surface area contributed by atoms with E-state index in [0.29, 0.717) is 16.8 Å². The Hall–Kier alpha value is -3.41. The minimum absolute atomic E-state index is 0.0596. The second-order valence-electron chi connectivity index (χ2n) is 5.33. The van der Waals surface area contributed by atoms with E-state index in [1.54, 1.807) is 12.3 Å². The van der Waals surface area contributed by atoms with Crippen LogP contribution in [0.3, 0.4) is 0 Å². The Morgan fingerprint density at radius 1 is 1.04 bits per heavy atom. The highest BCUT2D eigenvalue weighted by Crippen LogP contribution is 2.23. The molecule has 24 heavy (non-hydrogen) atoms. The van der Waals surface area contributed by atoms with Crippen LogP contribution in [-0.2, 0) is 0 Å². The van der Waals surface area contributed by atoms with E-state index in [-0.39, 0.29) is 5.55 Å². The zero-order valence-corrected chi connectivity index (χ0v) is 12.9. The number of fused-ring (bicyclic) bond motifs is 1. The van der Waals surface area contributed by atoms with Gasteiger partial charge in [0, 0.05) is 5.56 Å². The van der Waals surface area contributed by atoms with E-state index in [1.165, 1.54) is 0 Å². The van der Waals surface area contributed by atoms with E-state index in [0.717, 1.165) is 16.9 Å². The van der Waals surface area contributed by atoms with Gasteiger partial charge in [-0.05, 0) is 36.3 Å². The molecule has 4 aromatic rings. The van der Waals surface area contributed by atoms with Crippen molar-refractivity contribution in [2.24, 2.45) is 5.16 Å². The highest BCUT2D eigenvalue weighted by molar-refractivity contribution is 5.75. The van der Waals surface area contributed by atoms with E-state index in [1.807, 2.05) is 60.1 Å². The SMILES string of the molecule is Cc1c(-c2nc3ccccc3oc2=NO)cnn1-c1ccccc1. The first-order chi connectivity index (χ1) is 11.8. The number of aromatic nitrogens is 3. The topological polar surface area (TPSA) is 76.4 Å². The third-order valence-electron chi connectivity index (χ3n) is 3.86. The van der Waals surface area contributed by atoms with Crippen molar-refractivity contribution in [3.8, 4) is 16.9 Å². The lowest BCUT2D eigenvalue weighted by Crippen LogP contribution is -2.09. The standard InChI is InChI=1S/C18H14N4O2/c1-12-14(11-19-22(12)13-7-3-2-4-8-13)17-18(21-23)24-16-10-6-5-9-15(16)20-17/h2-11,23H,1H3. The first-order valence-corrected chi connectivity index (χ1v) is 7.46. The summed E-state index contributed by atoms with van der Waals surface area (Å²) >= 11 is 0. The summed E-state index contributed by atoms with van der Waals surface area (Å²) in [6.45, 7) is 1.94. The fraction of sp³-hybridized carbons (Fsp3) is 0.0556. The quantitative estimate of drug-likeness (QED) is 0.454. The van der Waals surface area contributed by atoms with Crippen LogP contribution < -0.4 is 5.55 Å². The first kappa shape index (κ1) is 14.2. The molecule has 0 radical (unpaired) electrons. The number of para-hydroxylation sites is 3. The Morgan fingerprint density at radius 2 is 1.79 bits per heavy atom. The molecule has 4 rings (SSSR count). The predicted octanol–water partition coefficient (Wildman–Crippen LogP) is 3.28. The summed E-state index contributed by atoms with van der Waals surface area (Å²) in [5, 5.41) is 17.0. The van der Waals surface area contributed by atoms with Gasteiger partial charge in [-0.3, -0.25) is 0 Å². The number of benzene rings is 2. The van der Waals surface area contributed by atoms with E-state index < -0.39 is 0 Å². The highest BCUT2D eigenvalue weighted by Gasteiger charge is 2.15. The van der Waals surface area contributed by atoms with Gasteiger partial charge in [0.15, 0.2) is 5.58 Å². The molecule has 0 amide bonds. The average Bonchev–Trinajstić information content (AvgIpc) is 3.02. The lowest BCUT2D eigenvalue weighted by atomic mass is 10.2. The molecule has 0 saturated heterocycles. The van der Waals surface area contributed by atoms with E-state index in [2.05, 4.69) is 15.2 Å². The van der Waals surface area contributed by atoms with Crippen LogP contribution in [0.5, 0.6) is 0 Å². The molecule has 118 valence electrons. The largest absolute Gasteiger partial charge is 0.433 e. The zero-order chi connectivity index (χ0) is 16.5. The van der Waals surface area contributed by atoms with Gasteiger partial charge >= 0.3 is 0 Å². The molecule has 0 aliphatic carbocycles. The van der Waals surface area contributed by atoms with Crippen LogP contribution >= 0.6 is 0 Å². The Balaban J connectivity index is 1.94. The highest BCUT2D eigenvalue weighted by atomic mass is 16.5. The molecular weight excluding hydrogens is 304 g/mol. The van der Waals surface area contributed by atoms with Crippen LogP contribution in [0.1, 0.15) is 5.69 Å². The van der Waals surface area contributed by atoms with Crippen LogP contribution in [-0.4, -0.2) is 20.0 Å². The molecular formula is C18H14N4O2. The molecule has 0 spiro atoms. The van der Waals surface area contributed by atoms with E-state index >= 15 is 0 Å². The lowest BCUT2D eigenvalue weighted by Gasteiger charge is -2.05. The Labute approximate surface area is 137 Å². The molecule has 0 saturated carbocycles. The van der Waals surface area contributed by atoms with Crippen LogP contribution in [0, 0.1) is 6.92 Å². The first-order valence-electron chi connectivity index (χ1n) is 7.46. The maximum absolute atomic E-state index is 9.32. The van der Waals surface area contributed by atoms with Gasteiger partial charge in [0.1, 0.15) is 11.2 Å². The molecule has 2 aromatic carbocycles. The fourth-order valence-electron chi connectivity index (χ4n) is 2.67. The molecule has 6 nitrogen and oxygen atoms in total. The maximum atomic E-state index is 9.32. The van der Waals surface area contributed by atoms with Gasteiger partial charge in [0.05, 0.1) is 17.6 Å². The van der Waals surface area contributed by atoms with Crippen molar-refractivity contribution < 1.29 is 9.62 Å². The number of rotatable bonds is 2. The second-order valence-corrected chi connectivity index (χ2v) is 5.33. The van der Waals surface area contributed by atoms with E-state index in [9.17, 15) is 5.21 Å². The van der Waals surface area contributed by atoms with E-state index in [4.69, 9.17) is 4.42 Å². The molecule has 0 fully saturated rings. The van der Waals surface area contributed by atoms with Crippen molar-refractivity contribution in [1.82, 2.24) is 14.8 Å². The summed E-state index contributed by atoms with van der Waals surface area (Å²) in [5.41, 5.74) is 4.33. The lowest BCUT2D eigenvalue weighted by molar-refractivity contribution is 0.277. The molecule has 2 aromatic heterocycles. The Morgan fingerprint density at radius 3 is 2.58 bits per heavy atom. The molecule has 0 bridgehead atoms. The summed E-state index contributed by atoms with van der Waals surface area (Å²) in [7, 11) is 0. The monoisotopic (exact) mass is 318 g/mol. The Kier molecular flexibility index (Phi) is 3.35. The van der Waals surface area contributed by atoms with Crippen molar-refractivity contribution in [3.63, 3.8) is 0 Å². The molecule has 0 aliphatic rings. The Bertz CT molecular complexity index is 1080. The van der Waals surface area contributed by atoms with Gasteiger partial charge in [0.2, 0.25) is 0 Å². The van der Waals surface area contributed by atoms with Crippen LogP contribution in [0.4, 0.5) is 0 Å². The van der Waals surface area contributed by atoms with Gasteiger partial charge in [-0.1, -0.05) is 30.3 Å². The van der Waals surface area contributed by atoms with Gasteiger partial charge in [0.25, 0.3) is 5.55 Å². The van der Waals surface area contributed by atoms with Gasteiger partial charge in [-0.25, -0.2) is 9.67 Å². The molecule has 1 N–H and O–H groups in total. The summed E-state index contributed by atoms with van der Waals surface area (Å²) < 4.78 is 7.46. The van der Waals surface area contributed by atoms with Crippen molar-refractivity contribution in [1.29, 1.82) is 0 Å². The number of nitrogens with zero attached hydrogens (tertiary/aromatic N) is 4. The van der Waals surface area contributed by atoms with Crippen LogP contribution in [0.25, 0.3) is 28.0 Å². The summed E-state index contributed by atoms with van der Waals surface area (Å²) in [4.78, 5) is 4.58. The second kappa shape index (κ2) is 5.66. The summed E-state index contributed by atoms with van der Waals surface area (Å²) in [5.74, 6) is 0. The van der Waals surface area contributed by atoms with Gasteiger partial charge < -0.3 is 9.62 Å². The van der Waals surface area contributed by atoms with Crippen molar-refractivity contribution in [2.45, 2.75) is 6.92 Å². The number of hydrogen-bond acceptors (Lipinski definition) is 5. The van der Waals surface area contributed by atoms with Gasteiger partial charge in [-0.15, -0.1) is 0 Å². The van der Waals surface area contributed by atoms with Crippen molar-refractivity contribution >= 4 is 11.1 Å². The third kappa shape index (κ3) is 2.25. The summed E-state index contributed by atoms with van der Waals surface area (Å²) in [6.07, 6.45) is 1.70. The molecule has 0 aliphatic heterocycles. The number of hydrogen-bond donors (Lipinski definition) is 1. The average molecular weight is 318 g/mol. The smallest absolute Gasteiger partial charge is 0.282 e. The predicted molar refractivity (Wildman–Crippen MR) is 88.7 cm³/mol. The van der Waals surface area contributed by atoms with Crippen LogP contribution in [0.2, 0.25) is 0 Å². The molecule has 0 unspecified atom stereocenters. The van der Waals surface area contributed by atoms with Gasteiger partial charge in [-0.2, -0.15) is 5.10 Å². The minimum Gasteiger partial charge on any atom is -0.433 e. The summed E-state index contributed by atoms with van der Waals surface area (Å²) in [6, 6.07) is 17.1. The fourth-order valence-corrected chi connectivity index (χ4v) is 2.67. The van der Waals surface area contributed by atoms with Crippen molar-refractivity contribution in [2.75, 3.05) is 0 Å². The third-order valence-corrected chi connectivity index (χ3v) is 3.86. The molecule has 2 heterocycles.